The molecule has 1 aromatic heterocycles. The van der Waals surface area contributed by atoms with Gasteiger partial charge in [0.2, 0.25) is 5.91 Å². The lowest BCUT2D eigenvalue weighted by molar-refractivity contribution is -0.119. The van der Waals surface area contributed by atoms with Gasteiger partial charge in [0.05, 0.1) is 0 Å². The predicted molar refractivity (Wildman–Crippen MR) is 104 cm³/mol. The van der Waals surface area contributed by atoms with Gasteiger partial charge in [-0.1, -0.05) is 43.3 Å². The highest BCUT2D eigenvalue weighted by atomic mass is 16.2. The first-order chi connectivity index (χ1) is 12.7. The maximum atomic E-state index is 12.9. The number of Topliss-reactive ketones (excluding diaryl/α,β-unsaturated/α-hetero) is 1. The van der Waals surface area contributed by atoms with Gasteiger partial charge in [0.25, 0.3) is 0 Å². The van der Waals surface area contributed by atoms with Crippen LogP contribution in [0.1, 0.15) is 35.7 Å². The number of anilines is 1. The molecule has 0 aliphatic carbocycles. The molecule has 0 unspecified atom stereocenters. The zero-order valence-corrected chi connectivity index (χ0v) is 14.9. The average molecular weight is 346 g/mol. The van der Waals surface area contributed by atoms with Crippen LogP contribution in [0, 0.1) is 0 Å². The Hall–Kier alpha value is -2.88. The van der Waals surface area contributed by atoms with Crippen molar-refractivity contribution >= 4 is 28.3 Å². The number of para-hydroxylation sites is 2. The molecular formula is C22H22N2O2. The molecule has 26 heavy (non-hydrogen) atoms. The van der Waals surface area contributed by atoms with Crippen LogP contribution in [-0.2, 0) is 17.8 Å². The lowest BCUT2D eigenvalue weighted by atomic mass is 10.1. The van der Waals surface area contributed by atoms with Gasteiger partial charge >= 0.3 is 0 Å². The molecule has 2 heterocycles. The highest BCUT2D eigenvalue weighted by Crippen LogP contribution is 2.28. The van der Waals surface area contributed by atoms with Gasteiger partial charge in [-0.2, -0.15) is 0 Å². The first-order valence-electron chi connectivity index (χ1n) is 9.18. The molecule has 1 aliphatic rings. The minimum Gasteiger partial charge on any atom is -0.337 e. The fourth-order valence-electron chi connectivity index (χ4n) is 3.79. The van der Waals surface area contributed by atoms with Gasteiger partial charge in [-0.05, 0) is 30.5 Å². The molecule has 2 aromatic carbocycles. The zero-order valence-electron chi connectivity index (χ0n) is 14.9. The van der Waals surface area contributed by atoms with Crippen LogP contribution < -0.4 is 4.90 Å². The van der Waals surface area contributed by atoms with Crippen molar-refractivity contribution in [1.29, 1.82) is 0 Å². The Morgan fingerprint density at radius 2 is 1.81 bits per heavy atom. The number of carbonyl (C=O) groups excluding carboxylic acids is 2. The van der Waals surface area contributed by atoms with Crippen LogP contribution in [0.25, 0.3) is 10.9 Å². The van der Waals surface area contributed by atoms with Crippen molar-refractivity contribution in [2.45, 2.75) is 32.7 Å². The summed E-state index contributed by atoms with van der Waals surface area (Å²) in [6, 6.07) is 15.9. The molecule has 0 fully saturated rings. The molecule has 0 saturated heterocycles. The van der Waals surface area contributed by atoms with E-state index in [-0.39, 0.29) is 18.2 Å². The third kappa shape index (κ3) is 2.81. The van der Waals surface area contributed by atoms with Crippen LogP contribution in [0.15, 0.2) is 54.7 Å². The highest BCUT2D eigenvalue weighted by Gasteiger charge is 2.25. The van der Waals surface area contributed by atoms with E-state index in [4.69, 9.17) is 0 Å². The van der Waals surface area contributed by atoms with E-state index in [1.165, 1.54) is 5.56 Å². The SMILES string of the molecule is CCCC(=O)c1cn(CC(=O)N2CCc3ccccc32)c2ccccc12. The molecule has 1 aliphatic heterocycles. The van der Waals surface area contributed by atoms with Crippen LogP contribution in [0.3, 0.4) is 0 Å². The number of amides is 1. The van der Waals surface area contributed by atoms with Crippen molar-refractivity contribution in [2.24, 2.45) is 0 Å². The van der Waals surface area contributed by atoms with E-state index < -0.39 is 0 Å². The van der Waals surface area contributed by atoms with E-state index >= 15 is 0 Å². The second-order valence-electron chi connectivity index (χ2n) is 6.79. The van der Waals surface area contributed by atoms with Crippen molar-refractivity contribution in [2.75, 3.05) is 11.4 Å². The van der Waals surface area contributed by atoms with Crippen molar-refractivity contribution < 1.29 is 9.59 Å². The summed E-state index contributed by atoms with van der Waals surface area (Å²) >= 11 is 0. The standard InChI is InChI=1S/C22H22N2O2/c1-2-7-21(25)18-14-23(20-11-6-4-9-17(18)20)15-22(26)24-13-12-16-8-3-5-10-19(16)24/h3-6,8-11,14H,2,7,12-13,15H2,1H3. The van der Waals surface area contributed by atoms with Crippen LogP contribution in [-0.4, -0.2) is 22.8 Å². The van der Waals surface area contributed by atoms with Gasteiger partial charge in [-0.3, -0.25) is 9.59 Å². The number of ketones is 1. The smallest absolute Gasteiger partial charge is 0.246 e. The minimum atomic E-state index is 0.0604. The summed E-state index contributed by atoms with van der Waals surface area (Å²) in [5.41, 5.74) is 3.89. The lowest BCUT2D eigenvalue weighted by Crippen LogP contribution is -2.32. The van der Waals surface area contributed by atoms with Crippen LogP contribution in [0.2, 0.25) is 0 Å². The molecule has 132 valence electrons. The fourth-order valence-corrected chi connectivity index (χ4v) is 3.79. The second-order valence-corrected chi connectivity index (χ2v) is 6.79. The number of hydrogen-bond acceptors (Lipinski definition) is 2. The first-order valence-corrected chi connectivity index (χ1v) is 9.18. The number of hydrogen-bond donors (Lipinski definition) is 0. The summed E-state index contributed by atoms with van der Waals surface area (Å²) in [4.78, 5) is 27.3. The summed E-state index contributed by atoms with van der Waals surface area (Å²) in [6.45, 7) is 2.97. The maximum Gasteiger partial charge on any atom is 0.246 e. The Bertz CT molecular complexity index is 987. The normalized spacial score (nSPS) is 13.2. The Morgan fingerprint density at radius 3 is 2.65 bits per heavy atom. The summed E-state index contributed by atoms with van der Waals surface area (Å²) < 4.78 is 1.92. The Labute approximate surface area is 153 Å². The van der Waals surface area contributed by atoms with Crippen molar-refractivity contribution in [3.05, 3.63) is 65.9 Å². The molecular weight excluding hydrogens is 324 g/mol. The molecule has 0 saturated carbocycles. The largest absolute Gasteiger partial charge is 0.337 e. The maximum absolute atomic E-state index is 12.9. The number of aromatic nitrogens is 1. The molecule has 4 heteroatoms. The third-order valence-corrected chi connectivity index (χ3v) is 5.06. The Balaban J connectivity index is 1.66. The minimum absolute atomic E-state index is 0.0604. The third-order valence-electron chi connectivity index (χ3n) is 5.06. The monoisotopic (exact) mass is 346 g/mol. The van der Waals surface area contributed by atoms with Gasteiger partial charge < -0.3 is 9.47 Å². The summed E-state index contributed by atoms with van der Waals surface area (Å²) in [5, 5.41) is 0.931. The fraction of sp³-hybridized carbons (Fsp3) is 0.273. The molecule has 0 N–H and O–H groups in total. The molecule has 0 spiro atoms. The molecule has 1 amide bonds. The van der Waals surface area contributed by atoms with Gasteiger partial charge in [-0.25, -0.2) is 0 Å². The van der Waals surface area contributed by atoms with E-state index in [9.17, 15) is 9.59 Å². The zero-order chi connectivity index (χ0) is 18.1. The molecule has 4 nitrogen and oxygen atoms in total. The Morgan fingerprint density at radius 1 is 1.04 bits per heavy atom. The number of rotatable bonds is 5. The van der Waals surface area contributed by atoms with E-state index in [0.29, 0.717) is 6.42 Å². The molecule has 0 bridgehead atoms. The molecule has 4 rings (SSSR count). The number of nitrogens with zero attached hydrogens (tertiary/aromatic N) is 2. The van der Waals surface area contributed by atoms with E-state index in [2.05, 4.69) is 6.07 Å². The number of carbonyl (C=O) groups is 2. The van der Waals surface area contributed by atoms with Crippen LogP contribution in [0.4, 0.5) is 5.69 Å². The van der Waals surface area contributed by atoms with E-state index in [1.807, 2.05) is 65.1 Å². The summed E-state index contributed by atoms with van der Waals surface area (Å²) in [6.07, 6.45) is 4.10. The van der Waals surface area contributed by atoms with Crippen molar-refractivity contribution in [3.63, 3.8) is 0 Å². The van der Waals surface area contributed by atoms with Gasteiger partial charge in [0, 0.05) is 41.3 Å². The lowest BCUT2D eigenvalue weighted by Gasteiger charge is -2.18. The Kier molecular flexibility index (Phi) is 4.33. The van der Waals surface area contributed by atoms with Gasteiger partial charge in [-0.15, -0.1) is 0 Å². The summed E-state index contributed by atoms with van der Waals surface area (Å²) in [7, 11) is 0. The van der Waals surface area contributed by atoms with Gasteiger partial charge in [0.15, 0.2) is 5.78 Å². The number of fused-ring (bicyclic) bond motifs is 2. The highest BCUT2D eigenvalue weighted by molar-refractivity contribution is 6.08. The second kappa shape index (κ2) is 6.79. The number of benzene rings is 2. The van der Waals surface area contributed by atoms with Crippen molar-refractivity contribution in [1.82, 2.24) is 4.57 Å². The quantitative estimate of drug-likeness (QED) is 0.649. The van der Waals surface area contributed by atoms with Crippen molar-refractivity contribution in [3.8, 4) is 0 Å². The molecule has 3 aromatic rings. The van der Waals surface area contributed by atoms with Crippen LogP contribution >= 0.6 is 0 Å². The molecule has 0 radical (unpaired) electrons. The van der Waals surface area contributed by atoms with E-state index in [1.54, 1.807) is 0 Å². The van der Waals surface area contributed by atoms with E-state index in [0.717, 1.165) is 41.5 Å². The predicted octanol–water partition coefficient (Wildman–Crippen LogP) is 4.21. The first kappa shape index (κ1) is 16.6. The average Bonchev–Trinajstić information content (AvgIpc) is 3.24. The topological polar surface area (TPSA) is 42.3 Å². The molecule has 0 atom stereocenters. The van der Waals surface area contributed by atoms with Gasteiger partial charge in [0.1, 0.15) is 6.54 Å². The summed E-state index contributed by atoms with van der Waals surface area (Å²) in [5.74, 6) is 0.201. The van der Waals surface area contributed by atoms with Crippen LogP contribution in [0.5, 0.6) is 0 Å².